The van der Waals surface area contributed by atoms with Crippen LogP contribution < -0.4 is 0 Å². The van der Waals surface area contributed by atoms with Crippen LogP contribution in [0.2, 0.25) is 0 Å². The molecule has 5 rings (SSSR count). The lowest BCUT2D eigenvalue weighted by molar-refractivity contribution is 0.209. The van der Waals surface area contributed by atoms with Crippen LogP contribution in [0.1, 0.15) is 47.3 Å². The molecule has 2 aliphatic rings. The van der Waals surface area contributed by atoms with Gasteiger partial charge in [-0.3, -0.25) is 4.98 Å². The van der Waals surface area contributed by atoms with Crippen LogP contribution in [0.5, 0.6) is 0 Å². The maximum atomic E-state index is 4.42. The normalized spacial score (nSPS) is 25.5. The highest BCUT2D eigenvalue weighted by Gasteiger charge is 2.42. The summed E-state index contributed by atoms with van der Waals surface area (Å²) in [5.41, 5.74) is 8.63. The maximum Gasteiger partial charge on any atom is 0.0486 e. The molecular weight excluding hydrogens is 318 g/mol. The molecule has 3 heteroatoms. The number of rotatable bonds is 1. The molecule has 1 aromatic carbocycles. The standard InChI is InChI=1S/C23H27N3/c1-15-5-6-21-19(9-15)20-13-25(4)12-17-11-23(3,14-26(21)22(17)20)18-7-8-24-16(2)10-18/h5-10,17H,11-14H2,1-4H3. The van der Waals surface area contributed by atoms with Crippen LogP contribution in [0.3, 0.4) is 0 Å². The Morgan fingerprint density at radius 1 is 1.15 bits per heavy atom. The molecule has 26 heavy (non-hydrogen) atoms. The summed E-state index contributed by atoms with van der Waals surface area (Å²) in [6.07, 6.45) is 3.18. The second-order valence-corrected chi connectivity index (χ2v) is 8.81. The van der Waals surface area contributed by atoms with Gasteiger partial charge >= 0.3 is 0 Å². The molecule has 0 radical (unpaired) electrons. The van der Waals surface area contributed by atoms with E-state index in [1.54, 1.807) is 11.3 Å². The highest BCUT2D eigenvalue weighted by Crippen LogP contribution is 2.48. The number of aromatic nitrogens is 2. The van der Waals surface area contributed by atoms with Gasteiger partial charge in [0.2, 0.25) is 0 Å². The van der Waals surface area contributed by atoms with E-state index in [-0.39, 0.29) is 5.41 Å². The molecule has 2 aliphatic heterocycles. The Morgan fingerprint density at radius 3 is 2.81 bits per heavy atom. The fourth-order valence-corrected chi connectivity index (χ4v) is 5.41. The third kappa shape index (κ3) is 2.26. The van der Waals surface area contributed by atoms with Crippen molar-refractivity contribution in [3.8, 4) is 0 Å². The van der Waals surface area contributed by atoms with E-state index < -0.39 is 0 Å². The quantitative estimate of drug-likeness (QED) is 0.645. The van der Waals surface area contributed by atoms with Crippen molar-refractivity contribution in [2.75, 3.05) is 13.6 Å². The van der Waals surface area contributed by atoms with Crippen molar-refractivity contribution in [3.63, 3.8) is 0 Å². The summed E-state index contributed by atoms with van der Waals surface area (Å²) < 4.78 is 2.64. The zero-order valence-corrected chi connectivity index (χ0v) is 16.2. The molecule has 0 bridgehead atoms. The van der Waals surface area contributed by atoms with E-state index in [0.717, 1.165) is 25.3 Å². The summed E-state index contributed by atoms with van der Waals surface area (Å²) in [7, 11) is 2.27. The minimum Gasteiger partial charge on any atom is -0.343 e. The zero-order chi connectivity index (χ0) is 18.1. The zero-order valence-electron chi connectivity index (χ0n) is 16.2. The third-order valence-corrected chi connectivity index (χ3v) is 6.51. The lowest BCUT2D eigenvalue weighted by Gasteiger charge is -2.44. The fourth-order valence-electron chi connectivity index (χ4n) is 5.41. The van der Waals surface area contributed by atoms with Gasteiger partial charge in [-0.15, -0.1) is 0 Å². The van der Waals surface area contributed by atoms with E-state index in [0.29, 0.717) is 5.92 Å². The Labute approximate surface area is 155 Å². The van der Waals surface area contributed by atoms with Crippen LogP contribution in [0.15, 0.2) is 36.5 Å². The molecule has 2 unspecified atom stereocenters. The molecule has 134 valence electrons. The van der Waals surface area contributed by atoms with Crippen LogP contribution in [-0.2, 0) is 18.5 Å². The Balaban J connectivity index is 1.74. The van der Waals surface area contributed by atoms with E-state index in [1.165, 1.54) is 28.5 Å². The van der Waals surface area contributed by atoms with Crippen LogP contribution in [-0.4, -0.2) is 28.0 Å². The summed E-state index contributed by atoms with van der Waals surface area (Å²) in [5, 5.41) is 1.46. The SMILES string of the molecule is Cc1ccc2c(c1)c1c3n2CC(C)(c2ccnc(C)c2)CC3CN(C)C1. The average molecular weight is 345 g/mol. The van der Waals surface area contributed by atoms with E-state index in [2.05, 4.69) is 72.6 Å². The second kappa shape index (κ2) is 5.43. The highest BCUT2D eigenvalue weighted by atomic mass is 15.1. The van der Waals surface area contributed by atoms with E-state index in [9.17, 15) is 0 Å². The molecule has 3 aromatic rings. The molecule has 2 atom stereocenters. The summed E-state index contributed by atoms with van der Waals surface area (Å²) in [4.78, 5) is 6.92. The molecule has 0 spiro atoms. The minimum atomic E-state index is 0.150. The fraction of sp³-hybridized carbons (Fsp3) is 0.435. The second-order valence-electron chi connectivity index (χ2n) is 8.81. The molecule has 0 N–H and O–H groups in total. The minimum absolute atomic E-state index is 0.150. The first-order chi connectivity index (χ1) is 12.4. The van der Waals surface area contributed by atoms with Gasteiger partial charge in [0.25, 0.3) is 0 Å². The molecule has 0 fully saturated rings. The van der Waals surface area contributed by atoms with Gasteiger partial charge in [-0.1, -0.05) is 18.6 Å². The van der Waals surface area contributed by atoms with E-state index in [1.807, 2.05) is 6.20 Å². The molecule has 4 heterocycles. The number of benzene rings is 1. The van der Waals surface area contributed by atoms with Crippen LogP contribution >= 0.6 is 0 Å². The molecule has 0 saturated carbocycles. The Kier molecular flexibility index (Phi) is 3.36. The maximum absolute atomic E-state index is 4.42. The number of fused-ring (bicyclic) bond motifs is 3. The van der Waals surface area contributed by atoms with Crippen molar-refractivity contribution in [1.29, 1.82) is 0 Å². The summed E-state index contributed by atoms with van der Waals surface area (Å²) >= 11 is 0. The predicted molar refractivity (Wildman–Crippen MR) is 107 cm³/mol. The number of aryl methyl sites for hydroxylation is 2. The smallest absolute Gasteiger partial charge is 0.0486 e. The van der Waals surface area contributed by atoms with E-state index >= 15 is 0 Å². The first-order valence-electron chi connectivity index (χ1n) is 9.68. The first kappa shape index (κ1) is 16.1. The Morgan fingerprint density at radius 2 is 2.00 bits per heavy atom. The average Bonchev–Trinajstić information content (AvgIpc) is 2.88. The molecule has 0 amide bonds. The molecule has 3 nitrogen and oxygen atoms in total. The van der Waals surface area contributed by atoms with Gasteiger partial charge in [-0.2, -0.15) is 0 Å². The lowest BCUT2D eigenvalue weighted by atomic mass is 9.71. The lowest BCUT2D eigenvalue weighted by Crippen LogP contribution is -2.42. The van der Waals surface area contributed by atoms with Crippen LogP contribution in [0.4, 0.5) is 0 Å². The van der Waals surface area contributed by atoms with Crippen molar-refractivity contribution in [3.05, 3.63) is 64.6 Å². The largest absolute Gasteiger partial charge is 0.343 e. The summed E-state index contributed by atoms with van der Waals surface area (Å²) in [6.45, 7) is 10.0. The highest BCUT2D eigenvalue weighted by molar-refractivity contribution is 5.87. The predicted octanol–water partition coefficient (Wildman–Crippen LogP) is 4.54. The van der Waals surface area contributed by atoms with Gasteiger partial charge in [0.05, 0.1) is 0 Å². The Hall–Kier alpha value is -2.13. The van der Waals surface area contributed by atoms with Crippen LogP contribution in [0.25, 0.3) is 10.9 Å². The number of hydrogen-bond acceptors (Lipinski definition) is 2. The molecule has 0 aliphatic carbocycles. The number of likely N-dealkylation sites (N-methyl/N-ethyl adjacent to an activating group) is 1. The van der Waals surface area contributed by atoms with Gasteiger partial charge in [0, 0.05) is 59.5 Å². The molecular formula is C23H27N3. The van der Waals surface area contributed by atoms with Crippen LogP contribution in [0, 0.1) is 13.8 Å². The van der Waals surface area contributed by atoms with Crippen molar-refractivity contribution in [2.24, 2.45) is 0 Å². The molecule has 0 saturated heterocycles. The van der Waals surface area contributed by atoms with Crippen molar-refractivity contribution in [2.45, 2.75) is 51.6 Å². The van der Waals surface area contributed by atoms with Gasteiger partial charge in [0.1, 0.15) is 0 Å². The number of pyridine rings is 1. The monoisotopic (exact) mass is 345 g/mol. The van der Waals surface area contributed by atoms with Gasteiger partial charge in [-0.25, -0.2) is 0 Å². The van der Waals surface area contributed by atoms with Gasteiger partial charge in [-0.05, 0) is 62.7 Å². The van der Waals surface area contributed by atoms with Crippen molar-refractivity contribution < 1.29 is 0 Å². The summed E-state index contributed by atoms with van der Waals surface area (Å²) in [6, 6.07) is 11.5. The Bertz CT molecular complexity index is 1020. The third-order valence-electron chi connectivity index (χ3n) is 6.51. The number of hydrogen-bond donors (Lipinski definition) is 0. The topological polar surface area (TPSA) is 21.1 Å². The number of nitrogens with zero attached hydrogens (tertiary/aromatic N) is 3. The van der Waals surface area contributed by atoms with E-state index in [4.69, 9.17) is 0 Å². The van der Waals surface area contributed by atoms with Crippen molar-refractivity contribution >= 4 is 10.9 Å². The summed E-state index contributed by atoms with van der Waals surface area (Å²) in [5.74, 6) is 0.601. The van der Waals surface area contributed by atoms with Crippen molar-refractivity contribution in [1.82, 2.24) is 14.5 Å². The molecule has 2 aromatic heterocycles. The van der Waals surface area contributed by atoms with Gasteiger partial charge < -0.3 is 9.47 Å². The first-order valence-corrected chi connectivity index (χ1v) is 9.68. The van der Waals surface area contributed by atoms with Gasteiger partial charge in [0.15, 0.2) is 0 Å².